The Morgan fingerprint density at radius 2 is 1.81 bits per heavy atom. The number of nitro benzene ring substituents is 1. The van der Waals surface area contributed by atoms with Crippen LogP contribution >= 0.6 is 15.9 Å². The zero-order valence-corrected chi connectivity index (χ0v) is 17.7. The summed E-state index contributed by atoms with van der Waals surface area (Å²) >= 11 is 3.37. The third-order valence-corrected chi connectivity index (χ3v) is 5.20. The van der Waals surface area contributed by atoms with E-state index in [0.717, 1.165) is 16.1 Å². The number of hydrogen-bond donors (Lipinski definition) is 0. The Morgan fingerprint density at radius 3 is 2.52 bits per heavy atom. The van der Waals surface area contributed by atoms with Gasteiger partial charge < -0.3 is 9.15 Å². The number of halogens is 1. The number of esters is 1. The van der Waals surface area contributed by atoms with Gasteiger partial charge >= 0.3 is 5.97 Å². The molecule has 0 aliphatic rings. The fourth-order valence-corrected chi connectivity index (χ4v) is 3.48. The average molecular weight is 480 g/mol. The lowest BCUT2D eigenvalue weighted by molar-refractivity contribution is -0.384. The van der Waals surface area contributed by atoms with E-state index in [1.54, 1.807) is 6.92 Å². The third-order valence-electron chi connectivity index (χ3n) is 4.68. The highest BCUT2D eigenvalue weighted by Crippen LogP contribution is 2.27. The molecule has 0 amide bonds. The number of rotatable bonds is 4. The number of hydrogen-bond acceptors (Lipinski definition) is 6. The summed E-state index contributed by atoms with van der Waals surface area (Å²) in [6, 6.07) is 17.0. The van der Waals surface area contributed by atoms with E-state index in [-0.39, 0.29) is 28.0 Å². The average Bonchev–Trinajstić information content (AvgIpc) is 2.75. The summed E-state index contributed by atoms with van der Waals surface area (Å²) in [5, 5.41) is 11.2. The molecule has 4 aromatic rings. The van der Waals surface area contributed by atoms with Crippen LogP contribution in [-0.4, -0.2) is 10.9 Å². The van der Waals surface area contributed by atoms with Crippen molar-refractivity contribution in [3.05, 3.63) is 103 Å². The molecule has 31 heavy (non-hydrogen) atoms. The second-order valence-corrected chi connectivity index (χ2v) is 7.64. The lowest BCUT2D eigenvalue weighted by Crippen LogP contribution is -2.10. The van der Waals surface area contributed by atoms with Gasteiger partial charge in [0.25, 0.3) is 5.69 Å². The quantitative estimate of drug-likeness (QED) is 0.162. The minimum absolute atomic E-state index is 0.0394. The Hall–Kier alpha value is -3.78. The number of aryl methyl sites for hydroxylation is 1. The Bertz CT molecular complexity index is 1390. The van der Waals surface area contributed by atoms with Gasteiger partial charge in [0.05, 0.1) is 21.4 Å². The summed E-state index contributed by atoms with van der Waals surface area (Å²) in [6.45, 7) is 1.69. The number of carbonyl (C=O) groups excluding carboxylic acids is 1. The molecule has 8 heteroatoms. The molecule has 0 saturated heterocycles. The van der Waals surface area contributed by atoms with Crippen LogP contribution in [0.2, 0.25) is 0 Å². The Morgan fingerprint density at radius 1 is 1.06 bits per heavy atom. The van der Waals surface area contributed by atoms with Crippen molar-refractivity contribution < 1.29 is 18.9 Å². The zero-order chi connectivity index (χ0) is 22.1. The number of nitro groups is 1. The minimum atomic E-state index is -0.756. The van der Waals surface area contributed by atoms with Gasteiger partial charge in [-0.2, -0.15) is 0 Å². The van der Waals surface area contributed by atoms with E-state index in [1.807, 2.05) is 24.3 Å². The molecule has 0 aliphatic heterocycles. The van der Waals surface area contributed by atoms with Crippen molar-refractivity contribution >= 4 is 38.6 Å². The van der Waals surface area contributed by atoms with Crippen LogP contribution in [0.4, 0.5) is 5.69 Å². The van der Waals surface area contributed by atoms with Crippen molar-refractivity contribution in [2.24, 2.45) is 0 Å². The Balaban J connectivity index is 1.69. The van der Waals surface area contributed by atoms with Gasteiger partial charge in [0.1, 0.15) is 17.1 Å². The van der Waals surface area contributed by atoms with E-state index in [1.165, 1.54) is 36.4 Å². The number of benzene rings is 3. The number of nitrogens with zero attached hydrogens (tertiary/aromatic N) is 1. The fourth-order valence-electron chi connectivity index (χ4n) is 3.21. The van der Waals surface area contributed by atoms with E-state index in [0.29, 0.717) is 16.7 Å². The topological polar surface area (TPSA) is 99.7 Å². The minimum Gasteiger partial charge on any atom is -0.460 e. The monoisotopic (exact) mass is 479 g/mol. The first-order valence-corrected chi connectivity index (χ1v) is 9.93. The van der Waals surface area contributed by atoms with Crippen molar-refractivity contribution in [1.29, 1.82) is 0 Å². The predicted molar refractivity (Wildman–Crippen MR) is 118 cm³/mol. The standard InChI is InChI=1S/C23H14BrNO6/c1-13-21(14-5-7-16(24)8-6-14)22(26)19-10-9-18(12-20(19)30-13)31-23(27)15-3-2-4-17(11-15)25(28)29/h2-12H,1H3. The van der Waals surface area contributed by atoms with Crippen molar-refractivity contribution in [2.45, 2.75) is 6.92 Å². The normalized spacial score (nSPS) is 10.8. The van der Waals surface area contributed by atoms with Crippen LogP contribution in [0.1, 0.15) is 16.1 Å². The largest absolute Gasteiger partial charge is 0.460 e. The second kappa shape index (κ2) is 8.16. The van der Waals surface area contributed by atoms with Crippen molar-refractivity contribution in [3.63, 3.8) is 0 Å². The van der Waals surface area contributed by atoms with Gasteiger partial charge in [-0.1, -0.05) is 34.1 Å². The summed E-state index contributed by atoms with van der Waals surface area (Å²) in [5.41, 5.74) is 1.09. The van der Waals surface area contributed by atoms with Gasteiger partial charge in [0, 0.05) is 22.7 Å². The lowest BCUT2D eigenvalue weighted by Gasteiger charge is -2.09. The molecule has 0 N–H and O–H groups in total. The van der Waals surface area contributed by atoms with E-state index in [2.05, 4.69) is 15.9 Å². The lowest BCUT2D eigenvalue weighted by atomic mass is 10.0. The molecule has 7 nitrogen and oxygen atoms in total. The molecule has 0 bridgehead atoms. The molecule has 0 atom stereocenters. The molecule has 0 aliphatic carbocycles. The summed E-state index contributed by atoms with van der Waals surface area (Å²) in [5.74, 6) is -0.168. The molecule has 4 rings (SSSR count). The van der Waals surface area contributed by atoms with Gasteiger partial charge in [-0.15, -0.1) is 0 Å². The van der Waals surface area contributed by atoms with Crippen LogP contribution in [0.5, 0.6) is 5.75 Å². The van der Waals surface area contributed by atoms with Gasteiger partial charge in [-0.05, 0) is 42.8 Å². The smallest absolute Gasteiger partial charge is 0.343 e. The summed E-state index contributed by atoms with van der Waals surface area (Å²) in [7, 11) is 0. The second-order valence-electron chi connectivity index (χ2n) is 6.72. The molecule has 1 heterocycles. The maximum Gasteiger partial charge on any atom is 0.343 e. The van der Waals surface area contributed by atoms with E-state index in [4.69, 9.17) is 9.15 Å². The number of fused-ring (bicyclic) bond motifs is 1. The fraction of sp³-hybridized carbons (Fsp3) is 0.0435. The zero-order valence-electron chi connectivity index (χ0n) is 16.1. The van der Waals surface area contributed by atoms with Crippen LogP contribution in [0.15, 0.2) is 80.4 Å². The van der Waals surface area contributed by atoms with Crippen LogP contribution in [-0.2, 0) is 0 Å². The highest BCUT2D eigenvalue weighted by Gasteiger charge is 2.17. The predicted octanol–water partition coefficient (Wildman–Crippen LogP) is 5.66. The maximum atomic E-state index is 13.0. The van der Waals surface area contributed by atoms with Crippen LogP contribution < -0.4 is 10.2 Å². The van der Waals surface area contributed by atoms with Crippen LogP contribution in [0.25, 0.3) is 22.1 Å². The molecule has 1 aromatic heterocycles. The molecular formula is C23H14BrNO6. The van der Waals surface area contributed by atoms with Crippen LogP contribution in [0, 0.1) is 17.0 Å². The van der Waals surface area contributed by atoms with Crippen LogP contribution in [0.3, 0.4) is 0 Å². The number of carbonyl (C=O) groups is 1. The summed E-state index contributed by atoms with van der Waals surface area (Å²) in [6.07, 6.45) is 0. The van der Waals surface area contributed by atoms with E-state index in [9.17, 15) is 19.7 Å². The first-order valence-electron chi connectivity index (χ1n) is 9.13. The molecule has 0 unspecified atom stereocenters. The first kappa shape index (κ1) is 20.5. The molecule has 3 aromatic carbocycles. The van der Waals surface area contributed by atoms with E-state index >= 15 is 0 Å². The Labute approximate surface area is 184 Å². The molecule has 154 valence electrons. The first-order chi connectivity index (χ1) is 14.8. The molecule has 0 saturated carbocycles. The molecule has 0 spiro atoms. The van der Waals surface area contributed by atoms with Crippen molar-refractivity contribution in [1.82, 2.24) is 0 Å². The Kier molecular flexibility index (Phi) is 5.39. The highest BCUT2D eigenvalue weighted by molar-refractivity contribution is 9.10. The third kappa shape index (κ3) is 4.10. The van der Waals surface area contributed by atoms with Crippen molar-refractivity contribution in [2.75, 3.05) is 0 Å². The van der Waals surface area contributed by atoms with Gasteiger partial charge in [-0.3, -0.25) is 14.9 Å². The summed E-state index contributed by atoms with van der Waals surface area (Å²) < 4.78 is 12.1. The van der Waals surface area contributed by atoms with Gasteiger partial charge in [-0.25, -0.2) is 4.79 Å². The summed E-state index contributed by atoms with van der Waals surface area (Å²) in [4.78, 5) is 35.7. The molecular weight excluding hydrogens is 466 g/mol. The molecule has 0 radical (unpaired) electrons. The van der Waals surface area contributed by atoms with E-state index < -0.39 is 10.9 Å². The number of non-ortho nitro benzene ring substituents is 1. The SMILES string of the molecule is Cc1oc2cc(OC(=O)c3cccc([N+](=O)[O-])c3)ccc2c(=O)c1-c1ccc(Br)cc1. The van der Waals surface area contributed by atoms with Crippen molar-refractivity contribution in [3.8, 4) is 16.9 Å². The van der Waals surface area contributed by atoms with Gasteiger partial charge in [0.2, 0.25) is 5.43 Å². The maximum absolute atomic E-state index is 13.0. The number of ether oxygens (including phenoxy) is 1. The van der Waals surface area contributed by atoms with Gasteiger partial charge in [0.15, 0.2) is 0 Å². The molecule has 0 fully saturated rings. The highest BCUT2D eigenvalue weighted by atomic mass is 79.9.